The lowest BCUT2D eigenvalue weighted by atomic mass is 10.2. The summed E-state index contributed by atoms with van der Waals surface area (Å²) in [7, 11) is 0. The monoisotopic (exact) mass is 386 g/mol. The highest BCUT2D eigenvalue weighted by Gasteiger charge is 2.13. The highest BCUT2D eigenvalue weighted by molar-refractivity contribution is 5.76. The molecular formula is C17H30N4O6. The van der Waals surface area contributed by atoms with E-state index < -0.39 is 0 Å². The second-order valence-corrected chi connectivity index (χ2v) is 5.70. The minimum atomic E-state index is -0.250. The molecule has 0 radical (unpaired) electrons. The smallest absolute Gasteiger partial charge is 0.290 e. The lowest BCUT2D eigenvalue weighted by Crippen LogP contribution is -2.39. The number of amides is 1. The van der Waals surface area contributed by atoms with E-state index in [9.17, 15) is 4.79 Å². The highest BCUT2D eigenvalue weighted by atomic mass is 16.5. The average molecular weight is 386 g/mol. The number of ether oxygens (including phenoxy) is 1. The first-order valence-electron chi connectivity index (χ1n) is 8.82. The third-order valence-electron chi connectivity index (χ3n) is 3.83. The molecule has 10 heteroatoms. The Morgan fingerprint density at radius 3 is 2.44 bits per heavy atom. The van der Waals surface area contributed by atoms with Crippen LogP contribution in [0.15, 0.2) is 18.7 Å². The number of imidazole rings is 1. The normalized spacial score (nSPS) is 14.6. The number of carboxylic acid groups (broad SMARTS) is 2. The molecule has 10 nitrogen and oxygen atoms in total. The predicted octanol–water partition coefficient (Wildman–Crippen LogP) is 0.292. The van der Waals surface area contributed by atoms with Gasteiger partial charge in [0.15, 0.2) is 0 Å². The number of nitrogens with one attached hydrogen (secondary N) is 1. The summed E-state index contributed by atoms with van der Waals surface area (Å²) in [5.41, 5.74) is 0. The maximum absolute atomic E-state index is 12.0. The van der Waals surface area contributed by atoms with E-state index in [0.29, 0.717) is 6.42 Å². The zero-order valence-electron chi connectivity index (χ0n) is 15.7. The molecule has 1 aromatic heterocycles. The summed E-state index contributed by atoms with van der Waals surface area (Å²) in [5.74, 6) is 0.148. The SMILES string of the molecule is CCC(Cn1ccnc1)NC(=O)CCCN1CCOCC1.O=CO.O=CO. The van der Waals surface area contributed by atoms with Crippen molar-refractivity contribution in [2.45, 2.75) is 38.8 Å². The Morgan fingerprint density at radius 1 is 1.30 bits per heavy atom. The van der Waals surface area contributed by atoms with Gasteiger partial charge in [-0.1, -0.05) is 6.92 Å². The number of nitrogens with zero attached hydrogens (tertiary/aromatic N) is 3. The summed E-state index contributed by atoms with van der Waals surface area (Å²) < 4.78 is 7.32. The van der Waals surface area contributed by atoms with Crippen molar-refractivity contribution in [3.05, 3.63) is 18.7 Å². The number of rotatable bonds is 8. The Hall–Kier alpha value is -2.46. The fourth-order valence-corrected chi connectivity index (χ4v) is 2.51. The molecule has 1 amide bonds. The topological polar surface area (TPSA) is 134 Å². The van der Waals surface area contributed by atoms with Crippen molar-refractivity contribution in [3.8, 4) is 0 Å². The molecular weight excluding hydrogens is 356 g/mol. The fraction of sp³-hybridized carbons (Fsp3) is 0.647. The van der Waals surface area contributed by atoms with Crippen LogP contribution >= 0.6 is 0 Å². The van der Waals surface area contributed by atoms with Crippen LogP contribution in [0.2, 0.25) is 0 Å². The van der Waals surface area contributed by atoms with Crippen molar-refractivity contribution in [2.24, 2.45) is 0 Å². The van der Waals surface area contributed by atoms with Crippen molar-refractivity contribution < 1.29 is 29.3 Å². The van der Waals surface area contributed by atoms with Crippen LogP contribution in [0.25, 0.3) is 0 Å². The van der Waals surface area contributed by atoms with Gasteiger partial charge in [0.1, 0.15) is 0 Å². The summed E-state index contributed by atoms with van der Waals surface area (Å²) in [6.07, 6.45) is 7.90. The summed E-state index contributed by atoms with van der Waals surface area (Å²) in [6, 6.07) is 0.176. The van der Waals surface area contributed by atoms with Crippen LogP contribution in [-0.4, -0.2) is 82.4 Å². The quantitative estimate of drug-likeness (QED) is 0.543. The fourth-order valence-electron chi connectivity index (χ4n) is 2.51. The van der Waals surface area contributed by atoms with E-state index >= 15 is 0 Å². The minimum absolute atomic E-state index is 0.148. The van der Waals surface area contributed by atoms with E-state index in [1.165, 1.54) is 0 Å². The van der Waals surface area contributed by atoms with Crippen molar-refractivity contribution in [3.63, 3.8) is 0 Å². The summed E-state index contributed by atoms with van der Waals surface area (Å²) in [6.45, 7) is 6.96. The number of hydrogen-bond donors (Lipinski definition) is 3. The molecule has 1 aliphatic rings. The van der Waals surface area contributed by atoms with Gasteiger partial charge in [-0.15, -0.1) is 0 Å². The summed E-state index contributed by atoms with van der Waals surface area (Å²) in [4.78, 5) is 35.1. The van der Waals surface area contributed by atoms with Crippen molar-refractivity contribution in [1.29, 1.82) is 0 Å². The molecule has 1 unspecified atom stereocenters. The van der Waals surface area contributed by atoms with Gasteiger partial charge in [0, 0.05) is 44.5 Å². The number of aromatic nitrogens is 2. The van der Waals surface area contributed by atoms with Crippen LogP contribution < -0.4 is 5.32 Å². The Labute approximate surface area is 159 Å². The van der Waals surface area contributed by atoms with Crippen molar-refractivity contribution in [2.75, 3.05) is 32.8 Å². The molecule has 1 aromatic rings. The molecule has 3 N–H and O–H groups in total. The van der Waals surface area contributed by atoms with Gasteiger partial charge in [-0.05, 0) is 19.4 Å². The number of morpholine rings is 1. The van der Waals surface area contributed by atoms with E-state index in [1.807, 2.05) is 10.8 Å². The second kappa shape index (κ2) is 17.0. The Balaban J connectivity index is 0.000000997. The van der Waals surface area contributed by atoms with Gasteiger partial charge in [-0.3, -0.25) is 19.3 Å². The van der Waals surface area contributed by atoms with Crippen LogP contribution in [0, 0.1) is 0 Å². The zero-order valence-corrected chi connectivity index (χ0v) is 15.7. The molecule has 2 rings (SSSR count). The molecule has 1 aliphatic heterocycles. The molecule has 27 heavy (non-hydrogen) atoms. The lowest BCUT2D eigenvalue weighted by molar-refractivity contribution is -0.123. The number of carbonyl (C=O) groups excluding carboxylic acids is 1. The largest absolute Gasteiger partial charge is 0.483 e. The van der Waals surface area contributed by atoms with E-state index in [1.54, 1.807) is 12.5 Å². The number of hydrogen-bond acceptors (Lipinski definition) is 6. The Morgan fingerprint density at radius 2 is 1.93 bits per heavy atom. The standard InChI is InChI=1S/C15H26N4O2.2CH2O2/c1-2-14(12-19-7-5-16-13-19)17-15(20)4-3-6-18-8-10-21-11-9-18;2*2-1-3/h5,7,13-14H,2-4,6,8-12H2,1H3,(H,17,20);2*1H,(H,2,3). The van der Waals surface area contributed by atoms with Gasteiger partial charge in [0.2, 0.25) is 5.91 Å². The van der Waals surface area contributed by atoms with E-state index in [4.69, 9.17) is 24.5 Å². The van der Waals surface area contributed by atoms with Crippen LogP contribution in [0.1, 0.15) is 26.2 Å². The predicted molar refractivity (Wildman–Crippen MR) is 98.3 cm³/mol. The van der Waals surface area contributed by atoms with Crippen LogP contribution in [0.5, 0.6) is 0 Å². The minimum Gasteiger partial charge on any atom is -0.483 e. The second-order valence-electron chi connectivity index (χ2n) is 5.70. The van der Waals surface area contributed by atoms with Crippen LogP contribution in [0.4, 0.5) is 0 Å². The maximum Gasteiger partial charge on any atom is 0.290 e. The zero-order chi connectivity index (χ0) is 20.3. The molecule has 0 aliphatic carbocycles. The molecule has 0 saturated carbocycles. The van der Waals surface area contributed by atoms with Gasteiger partial charge in [0.05, 0.1) is 19.5 Å². The first-order valence-corrected chi connectivity index (χ1v) is 8.82. The average Bonchev–Trinajstić information content (AvgIpc) is 3.16. The number of carbonyl (C=O) groups is 3. The van der Waals surface area contributed by atoms with E-state index in [0.717, 1.165) is 52.2 Å². The van der Waals surface area contributed by atoms with E-state index in [-0.39, 0.29) is 24.9 Å². The molecule has 0 aromatic carbocycles. The van der Waals surface area contributed by atoms with Gasteiger partial charge in [-0.2, -0.15) is 0 Å². The summed E-state index contributed by atoms with van der Waals surface area (Å²) >= 11 is 0. The van der Waals surface area contributed by atoms with Crippen molar-refractivity contribution >= 4 is 18.9 Å². The van der Waals surface area contributed by atoms with Gasteiger partial charge in [0.25, 0.3) is 12.9 Å². The molecule has 0 bridgehead atoms. The summed E-state index contributed by atoms with van der Waals surface area (Å²) in [5, 5.41) is 16.9. The van der Waals surface area contributed by atoms with Gasteiger partial charge in [-0.25, -0.2) is 4.98 Å². The molecule has 154 valence electrons. The maximum atomic E-state index is 12.0. The third-order valence-corrected chi connectivity index (χ3v) is 3.83. The third kappa shape index (κ3) is 13.4. The molecule has 1 saturated heterocycles. The Kier molecular flexibility index (Phi) is 15.4. The van der Waals surface area contributed by atoms with Crippen LogP contribution in [0.3, 0.4) is 0 Å². The van der Waals surface area contributed by atoms with E-state index in [2.05, 4.69) is 22.1 Å². The molecule has 1 atom stereocenters. The molecule has 2 heterocycles. The van der Waals surface area contributed by atoms with Gasteiger partial charge >= 0.3 is 0 Å². The Bertz CT molecular complexity index is 486. The highest BCUT2D eigenvalue weighted by Crippen LogP contribution is 2.02. The lowest BCUT2D eigenvalue weighted by Gasteiger charge is -2.26. The molecule has 0 spiro atoms. The van der Waals surface area contributed by atoms with Gasteiger partial charge < -0.3 is 24.8 Å². The first kappa shape index (κ1) is 24.5. The molecule has 1 fully saturated rings. The van der Waals surface area contributed by atoms with Crippen LogP contribution in [-0.2, 0) is 25.7 Å². The first-order chi connectivity index (χ1) is 13.1. The van der Waals surface area contributed by atoms with Crippen molar-refractivity contribution in [1.82, 2.24) is 19.8 Å².